The van der Waals surface area contributed by atoms with Crippen LogP contribution in [0.1, 0.15) is 85.0 Å². The molecule has 0 N–H and O–H groups in total. The number of unbranched alkanes of at least 4 members (excludes halogenated alkanes) is 6. The van der Waals surface area contributed by atoms with Crippen LogP contribution in [0.5, 0.6) is 0 Å². The minimum Gasteiger partial charge on any atom is -0.465 e. The Bertz CT molecular complexity index is 276. The summed E-state index contributed by atoms with van der Waals surface area (Å²) in [5.74, 6) is -0.953. The van der Waals surface area contributed by atoms with Crippen LogP contribution in [0.25, 0.3) is 0 Å². The van der Waals surface area contributed by atoms with Crippen LogP contribution < -0.4 is 0 Å². The van der Waals surface area contributed by atoms with Gasteiger partial charge in [0.2, 0.25) is 0 Å². The van der Waals surface area contributed by atoms with Crippen molar-refractivity contribution < 1.29 is 19.1 Å². The van der Waals surface area contributed by atoms with Gasteiger partial charge >= 0.3 is 11.9 Å². The van der Waals surface area contributed by atoms with Gasteiger partial charge < -0.3 is 9.47 Å². The molecule has 0 fully saturated rings. The molecule has 124 valence electrons. The molecule has 1 unspecified atom stereocenters. The van der Waals surface area contributed by atoms with Gasteiger partial charge in [-0.15, -0.1) is 0 Å². The van der Waals surface area contributed by atoms with Crippen molar-refractivity contribution in [1.82, 2.24) is 0 Å². The lowest BCUT2D eigenvalue weighted by molar-refractivity contribution is -0.157. The molecule has 0 aliphatic rings. The summed E-state index contributed by atoms with van der Waals surface area (Å²) in [5.41, 5.74) is 0. The molecule has 0 aliphatic carbocycles. The Morgan fingerprint density at radius 3 is 2.14 bits per heavy atom. The molecule has 0 aliphatic heterocycles. The second-order valence-electron chi connectivity index (χ2n) is 5.61. The topological polar surface area (TPSA) is 52.6 Å². The van der Waals surface area contributed by atoms with Crippen LogP contribution in [-0.2, 0) is 19.1 Å². The molecule has 0 heterocycles. The molecule has 0 rings (SSSR count). The van der Waals surface area contributed by atoms with E-state index < -0.39 is 11.9 Å². The van der Waals surface area contributed by atoms with E-state index in [0.29, 0.717) is 6.61 Å². The van der Waals surface area contributed by atoms with E-state index in [9.17, 15) is 9.59 Å². The van der Waals surface area contributed by atoms with Gasteiger partial charge in [-0.2, -0.15) is 0 Å². The van der Waals surface area contributed by atoms with Crippen LogP contribution in [0, 0.1) is 0 Å². The van der Waals surface area contributed by atoms with E-state index in [-0.39, 0.29) is 12.5 Å². The van der Waals surface area contributed by atoms with E-state index in [4.69, 9.17) is 9.47 Å². The fourth-order valence-electron chi connectivity index (χ4n) is 2.07. The predicted molar refractivity (Wildman–Crippen MR) is 84.0 cm³/mol. The molecular formula is C17H32O4. The molecule has 0 radical (unpaired) electrons. The molecule has 4 heteroatoms. The summed E-state index contributed by atoms with van der Waals surface area (Å²) in [4.78, 5) is 23.0. The van der Waals surface area contributed by atoms with Gasteiger partial charge in [-0.1, -0.05) is 52.4 Å². The van der Waals surface area contributed by atoms with Crippen molar-refractivity contribution in [2.75, 3.05) is 6.61 Å². The van der Waals surface area contributed by atoms with E-state index in [1.54, 1.807) is 0 Å². The third kappa shape index (κ3) is 13.7. The fraction of sp³-hybridized carbons (Fsp3) is 0.882. The molecule has 0 aromatic rings. The standard InChI is InChI=1S/C17H32O4/c1-4-6-8-9-11-13-20-16(18)14-17(19)21-15(3)12-10-7-5-2/h15H,4-14H2,1-3H3. The smallest absolute Gasteiger partial charge is 0.317 e. The minimum atomic E-state index is -0.477. The van der Waals surface area contributed by atoms with Crippen LogP contribution in [0.3, 0.4) is 0 Å². The van der Waals surface area contributed by atoms with E-state index in [2.05, 4.69) is 13.8 Å². The SMILES string of the molecule is CCCCCCCOC(=O)CC(=O)OC(C)CCCCC. The molecular weight excluding hydrogens is 268 g/mol. The first-order valence-electron chi connectivity index (χ1n) is 8.45. The van der Waals surface area contributed by atoms with Crippen LogP contribution in [0.2, 0.25) is 0 Å². The Morgan fingerprint density at radius 1 is 0.857 bits per heavy atom. The van der Waals surface area contributed by atoms with Crippen molar-refractivity contribution in [2.24, 2.45) is 0 Å². The largest absolute Gasteiger partial charge is 0.465 e. The van der Waals surface area contributed by atoms with Gasteiger partial charge in [-0.3, -0.25) is 9.59 Å². The van der Waals surface area contributed by atoms with Gasteiger partial charge in [-0.05, 0) is 26.2 Å². The summed E-state index contributed by atoms with van der Waals surface area (Å²) in [5, 5.41) is 0. The first kappa shape index (κ1) is 19.9. The van der Waals surface area contributed by atoms with Gasteiger partial charge in [0.1, 0.15) is 6.42 Å². The summed E-state index contributed by atoms with van der Waals surface area (Å²) in [6, 6.07) is 0. The Labute approximate surface area is 129 Å². The van der Waals surface area contributed by atoms with E-state index in [1.165, 1.54) is 19.3 Å². The van der Waals surface area contributed by atoms with Gasteiger partial charge in [0.05, 0.1) is 12.7 Å². The quantitative estimate of drug-likeness (QED) is 0.287. The molecule has 0 aromatic heterocycles. The number of rotatable bonds is 13. The molecule has 0 amide bonds. The van der Waals surface area contributed by atoms with E-state index >= 15 is 0 Å². The van der Waals surface area contributed by atoms with Gasteiger partial charge in [0, 0.05) is 0 Å². The van der Waals surface area contributed by atoms with Crippen molar-refractivity contribution in [2.45, 2.75) is 91.1 Å². The normalized spacial score (nSPS) is 12.0. The highest BCUT2D eigenvalue weighted by Gasteiger charge is 2.14. The maximum atomic E-state index is 11.5. The van der Waals surface area contributed by atoms with Gasteiger partial charge in [0.25, 0.3) is 0 Å². The summed E-state index contributed by atoms with van der Waals surface area (Å²) in [6.07, 6.45) is 9.32. The monoisotopic (exact) mass is 300 g/mol. The van der Waals surface area contributed by atoms with Crippen LogP contribution in [-0.4, -0.2) is 24.6 Å². The van der Waals surface area contributed by atoms with Crippen LogP contribution in [0.15, 0.2) is 0 Å². The maximum Gasteiger partial charge on any atom is 0.317 e. The summed E-state index contributed by atoms with van der Waals surface area (Å²) < 4.78 is 10.2. The zero-order valence-corrected chi connectivity index (χ0v) is 14.0. The number of carbonyl (C=O) groups is 2. The lowest BCUT2D eigenvalue weighted by Gasteiger charge is -2.12. The van der Waals surface area contributed by atoms with Crippen LogP contribution >= 0.6 is 0 Å². The highest BCUT2D eigenvalue weighted by atomic mass is 16.6. The number of esters is 2. The molecule has 0 spiro atoms. The summed E-state index contributed by atoms with van der Waals surface area (Å²) in [7, 11) is 0. The number of hydrogen-bond acceptors (Lipinski definition) is 4. The molecule has 0 aromatic carbocycles. The van der Waals surface area contributed by atoms with Crippen molar-refractivity contribution in [3.63, 3.8) is 0 Å². The van der Waals surface area contributed by atoms with E-state index in [0.717, 1.165) is 38.5 Å². The predicted octanol–water partition coefficient (Wildman–Crippen LogP) is 4.40. The van der Waals surface area contributed by atoms with Crippen molar-refractivity contribution >= 4 is 11.9 Å². The van der Waals surface area contributed by atoms with Crippen molar-refractivity contribution in [3.05, 3.63) is 0 Å². The number of hydrogen-bond donors (Lipinski definition) is 0. The Kier molecular flexibility index (Phi) is 13.2. The summed E-state index contributed by atoms with van der Waals surface area (Å²) >= 11 is 0. The lowest BCUT2D eigenvalue weighted by Crippen LogP contribution is -2.19. The van der Waals surface area contributed by atoms with Gasteiger partial charge in [0.15, 0.2) is 0 Å². The zero-order valence-electron chi connectivity index (χ0n) is 14.0. The Hall–Kier alpha value is -1.06. The Balaban J connectivity index is 3.58. The lowest BCUT2D eigenvalue weighted by atomic mass is 10.1. The number of ether oxygens (including phenoxy) is 2. The molecule has 0 saturated carbocycles. The average molecular weight is 300 g/mol. The second kappa shape index (κ2) is 13.9. The molecule has 0 bridgehead atoms. The fourth-order valence-corrected chi connectivity index (χ4v) is 2.07. The third-order valence-corrected chi connectivity index (χ3v) is 3.35. The van der Waals surface area contributed by atoms with Gasteiger partial charge in [-0.25, -0.2) is 0 Å². The first-order chi connectivity index (χ1) is 10.1. The highest BCUT2D eigenvalue weighted by molar-refractivity contribution is 5.91. The number of carbonyl (C=O) groups excluding carboxylic acids is 2. The third-order valence-electron chi connectivity index (χ3n) is 3.35. The van der Waals surface area contributed by atoms with Crippen LogP contribution in [0.4, 0.5) is 0 Å². The molecule has 0 saturated heterocycles. The average Bonchev–Trinajstić information content (AvgIpc) is 2.42. The second-order valence-corrected chi connectivity index (χ2v) is 5.61. The van der Waals surface area contributed by atoms with E-state index in [1.807, 2.05) is 6.92 Å². The summed E-state index contributed by atoms with van der Waals surface area (Å²) in [6.45, 7) is 6.57. The van der Waals surface area contributed by atoms with Crippen molar-refractivity contribution in [3.8, 4) is 0 Å². The first-order valence-corrected chi connectivity index (χ1v) is 8.45. The maximum absolute atomic E-state index is 11.5. The van der Waals surface area contributed by atoms with Crippen molar-refractivity contribution in [1.29, 1.82) is 0 Å². The Morgan fingerprint density at radius 2 is 1.48 bits per heavy atom. The molecule has 21 heavy (non-hydrogen) atoms. The molecule has 4 nitrogen and oxygen atoms in total. The minimum absolute atomic E-state index is 0.120. The highest BCUT2D eigenvalue weighted by Crippen LogP contribution is 2.08. The zero-order chi connectivity index (χ0) is 15.9. The molecule has 1 atom stereocenters.